The van der Waals surface area contributed by atoms with E-state index in [0.717, 1.165) is 12.8 Å². The molecule has 4 N–H and O–H groups in total. The van der Waals surface area contributed by atoms with Gasteiger partial charge in [0, 0.05) is 22.8 Å². The zero-order chi connectivity index (χ0) is 32.0. The first-order valence-corrected chi connectivity index (χ1v) is 14.6. The van der Waals surface area contributed by atoms with E-state index in [1.165, 1.54) is 30.5 Å². The van der Waals surface area contributed by atoms with Crippen LogP contribution in [0, 0.1) is 0 Å². The van der Waals surface area contributed by atoms with E-state index in [2.05, 4.69) is 15.6 Å². The Morgan fingerprint density at radius 2 is 1.86 bits per heavy atom. The number of aromatic nitrogens is 1. The lowest BCUT2D eigenvalue weighted by molar-refractivity contribution is -0.201. The smallest absolute Gasteiger partial charge is 0.416 e. The summed E-state index contributed by atoms with van der Waals surface area (Å²) < 4.78 is 44.5. The number of fused-ring (bicyclic) bond motifs is 2. The summed E-state index contributed by atoms with van der Waals surface area (Å²) in [6.07, 6.45) is -2.83. The summed E-state index contributed by atoms with van der Waals surface area (Å²) in [6, 6.07) is 5.77. The van der Waals surface area contributed by atoms with Crippen LogP contribution in [-0.4, -0.2) is 63.1 Å². The fraction of sp³-hybridized carbons (Fsp3) is 0.552. The third-order valence-electron chi connectivity index (χ3n) is 7.88. The number of carbonyl (C=O) groups is 2. The third-order valence-corrected chi connectivity index (χ3v) is 8.49. The van der Waals surface area contributed by atoms with Crippen LogP contribution in [0.1, 0.15) is 75.7 Å². The van der Waals surface area contributed by atoms with E-state index in [9.17, 15) is 33.0 Å². The normalized spacial score (nSPS) is 21.4. The minimum absolute atomic E-state index is 0.0203. The highest BCUT2D eigenvalue weighted by Gasteiger charge is 2.52. The van der Waals surface area contributed by atoms with Gasteiger partial charge in [-0.15, -0.1) is 0 Å². The molecular formula is C29H35Cl2F3N4O5. The summed E-state index contributed by atoms with van der Waals surface area (Å²) in [5.74, 6) is -0.943. The lowest BCUT2D eigenvalue weighted by Gasteiger charge is -2.47. The molecule has 1 aromatic carbocycles. The summed E-state index contributed by atoms with van der Waals surface area (Å²) in [5, 5.41) is 25.5. The van der Waals surface area contributed by atoms with E-state index in [1.54, 1.807) is 27.7 Å². The number of nitrogens with one attached hydrogen (secondary N) is 2. The van der Waals surface area contributed by atoms with Crippen LogP contribution in [0.4, 0.5) is 19.0 Å². The largest absolute Gasteiger partial charge is 0.476 e. The summed E-state index contributed by atoms with van der Waals surface area (Å²) in [6.45, 7) is 5.23. The predicted octanol–water partition coefficient (Wildman–Crippen LogP) is 5.09. The topological polar surface area (TPSA) is 124 Å². The van der Waals surface area contributed by atoms with Gasteiger partial charge in [-0.3, -0.25) is 9.59 Å². The minimum atomic E-state index is -4.88. The second kappa shape index (κ2) is 11.9. The molecule has 236 valence electrons. The van der Waals surface area contributed by atoms with E-state index in [0.29, 0.717) is 24.8 Å². The predicted molar refractivity (Wildman–Crippen MR) is 155 cm³/mol. The Hall–Kier alpha value is -2.80. The Kier molecular flexibility index (Phi) is 9.20. The van der Waals surface area contributed by atoms with Crippen molar-refractivity contribution in [3.8, 4) is 5.75 Å². The van der Waals surface area contributed by atoms with Crippen LogP contribution >= 0.6 is 23.2 Å². The summed E-state index contributed by atoms with van der Waals surface area (Å²) >= 11 is 12.7. The van der Waals surface area contributed by atoms with Gasteiger partial charge in [0.25, 0.3) is 11.8 Å². The van der Waals surface area contributed by atoms with E-state index < -0.39 is 47.5 Å². The van der Waals surface area contributed by atoms with Crippen LogP contribution in [-0.2, 0) is 10.4 Å². The Morgan fingerprint density at radius 1 is 1.16 bits per heavy atom. The molecule has 2 saturated heterocycles. The highest BCUT2D eigenvalue weighted by atomic mass is 35.5. The SMILES string of the molecule is CC(C)(Oc1cc(C(C)(C)O)c(Cl)cc1Cl)C(=O)NC12CCCC(CC1)N2c1ncccc1C(=O)NCC(O)C(F)(F)F. The molecule has 1 aromatic heterocycles. The van der Waals surface area contributed by atoms with Gasteiger partial charge in [0.15, 0.2) is 11.7 Å². The quantitative estimate of drug-likeness (QED) is 0.299. The number of carbonyl (C=O) groups excluding carboxylic acids is 2. The number of hydrogen-bond acceptors (Lipinski definition) is 7. The van der Waals surface area contributed by atoms with Crippen molar-refractivity contribution in [1.82, 2.24) is 15.6 Å². The molecule has 3 atom stereocenters. The minimum Gasteiger partial charge on any atom is -0.476 e. The molecule has 14 heteroatoms. The number of anilines is 1. The fourth-order valence-electron chi connectivity index (χ4n) is 5.64. The number of pyridine rings is 1. The molecule has 0 aliphatic carbocycles. The first-order chi connectivity index (χ1) is 19.9. The number of amides is 2. The van der Waals surface area contributed by atoms with E-state index in [-0.39, 0.29) is 33.2 Å². The second-order valence-electron chi connectivity index (χ2n) is 12.0. The van der Waals surface area contributed by atoms with Gasteiger partial charge in [0.1, 0.15) is 17.2 Å². The summed E-state index contributed by atoms with van der Waals surface area (Å²) in [4.78, 5) is 33.1. The number of benzene rings is 1. The molecule has 3 heterocycles. The van der Waals surface area contributed by atoms with Gasteiger partial charge in [0.05, 0.1) is 22.7 Å². The molecule has 3 unspecified atom stereocenters. The van der Waals surface area contributed by atoms with E-state index in [1.807, 2.05) is 4.90 Å². The number of nitrogens with zero attached hydrogens (tertiary/aromatic N) is 2. The van der Waals surface area contributed by atoms with Gasteiger partial charge in [-0.2, -0.15) is 13.2 Å². The van der Waals surface area contributed by atoms with Crippen molar-refractivity contribution in [3.63, 3.8) is 0 Å². The zero-order valence-electron chi connectivity index (χ0n) is 24.2. The molecule has 2 fully saturated rings. The number of piperidine rings is 1. The maximum absolute atomic E-state index is 13.8. The van der Waals surface area contributed by atoms with Crippen LogP contribution in [0.15, 0.2) is 30.5 Å². The number of aliphatic hydroxyl groups is 2. The lowest BCUT2D eigenvalue weighted by Crippen LogP contribution is -2.65. The van der Waals surface area contributed by atoms with Crippen LogP contribution in [0.2, 0.25) is 10.0 Å². The molecule has 0 radical (unpaired) electrons. The number of alkyl halides is 3. The summed E-state index contributed by atoms with van der Waals surface area (Å²) in [5.41, 5.74) is -3.32. The Balaban J connectivity index is 1.60. The number of aliphatic hydroxyl groups excluding tert-OH is 1. The average Bonchev–Trinajstić information content (AvgIpc) is 3.11. The molecule has 0 spiro atoms. The van der Waals surface area contributed by atoms with Crippen LogP contribution in [0.5, 0.6) is 5.75 Å². The zero-order valence-corrected chi connectivity index (χ0v) is 25.7. The standard InChI is InChI=1S/C29H35Cl2F3N4O5/c1-26(2,42)18-13-21(20(31)14-19(18)30)43-27(3,4)25(41)37-28-10-5-7-16(9-11-28)38(28)23-17(8-6-12-35-23)24(40)36-15-22(39)29(32,33)34/h6,8,12-14,16,22,39,42H,5,7,9-11,15H2,1-4H3,(H,36,40)(H,37,41). The molecule has 2 bridgehead atoms. The van der Waals surface area contributed by atoms with Crippen molar-refractivity contribution in [3.05, 3.63) is 51.6 Å². The van der Waals surface area contributed by atoms with Crippen molar-refractivity contribution < 1.29 is 37.7 Å². The fourth-order valence-corrected chi connectivity index (χ4v) is 6.29. The first-order valence-electron chi connectivity index (χ1n) is 13.9. The Morgan fingerprint density at radius 3 is 2.51 bits per heavy atom. The number of halogens is 5. The van der Waals surface area contributed by atoms with Gasteiger partial charge in [-0.05, 0) is 84.1 Å². The van der Waals surface area contributed by atoms with Crippen molar-refractivity contribution in [1.29, 1.82) is 0 Å². The molecule has 2 aliphatic heterocycles. The molecular weight excluding hydrogens is 612 g/mol. The van der Waals surface area contributed by atoms with Gasteiger partial charge in [0.2, 0.25) is 0 Å². The Bertz CT molecular complexity index is 1380. The van der Waals surface area contributed by atoms with E-state index in [4.69, 9.17) is 27.9 Å². The monoisotopic (exact) mass is 646 g/mol. The average molecular weight is 648 g/mol. The van der Waals surface area contributed by atoms with Crippen molar-refractivity contribution in [2.45, 2.75) is 95.0 Å². The Labute approximate surface area is 257 Å². The van der Waals surface area contributed by atoms with Crippen molar-refractivity contribution in [2.75, 3.05) is 11.4 Å². The van der Waals surface area contributed by atoms with Crippen LogP contribution in [0.25, 0.3) is 0 Å². The third kappa shape index (κ3) is 6.97. The van der Waals surface area contributed by atoms with E-state index >= 15 is 0 Å². The van der Waals surface area contributed by atoms with Gasteiger partial charge < -0.3 is 30.5 Å². The highest BCUT2D eigenvalue weighted by molar-refractivity contribution is 6.36. The summed E-state index contributed by atoms with van der Waals surface area (Å²) in [7, 11) is 0. The molecule has 43 heavy (non-hydrogen) atoms. The number of rotatable bonds is 9. The number of hydrogen-bond donors (Lipinski definition) is 4. The molecule has 9 nitrogen and oxygen atoms in total. The van der Waals surface area contributed by atoms with Crippen molar-refractivity contribution >= 4 is 40.8 Å². The van der Waals surface area contributed by atoms with Crippen molar-refractivity contribution in [2.24, 2.45) is 0 Å². The second-order valence-corrected chi connectivity index (χ2v) is 12.8. The molecule has 0 saturated carbocycles. The maximum atomic E-state index is 13.8. The lowest BCUT2D eigenvalue weighted by atomic mass is 9.94. The maximum Gasteiger partial charge on any atom is 0.416 e. The first kappa shape index (κ1) is 33.1. The molecule has 2 aliphatic rings. The van der Waals surface area contributed by atoms with Gasteiger partial charge >= 0.3 is 6.18 Å². The van der Waals surface area contributed by atoms with Crippen LogP contribution in [0.3, 0.4) is 0 Å². The molecule has 2 aromatic rings. The molecule has 2 amide bonds. The highest BCUT2D eigenvalue weighted by Crippen LogP contribution is 2.46. The van der Waals surface area contributed by atoms with Gasteiger partial charge in [-0.25, -0.2) is 4.98 Å². The van der Waals surface area contributed by atoms with Crippen LogP contribution < -0.4 is 20.3 Å². The molecule has 4 rings (SSSR count). The van der Waals surface area contributed by atoms with Gasteiger partial charge in [-0.1, -0.05) is 23.2 Å². The number of ether oxygens (including phenoxy) is 1.